The molecule has 0 radical (unpaired) electrons. The van der Waals surface area contributed by atoms with Crippen LogP contribution in [0.2, 0.25) is 0 Å². The molecule has 3 nitrogen and oxygen atoms in total. The maximum Gasteiger partial charge on any atom is 0.317 e. The van der Waals surface area contributed by atoms with E-state index in [-0.39, 0.29) is 6.03 Å². The summed E-state index contributed by atoms with van der Waals surface area (Å²) in [6, 6.07) is 2.54. The van der Waals surface area contributed by atoms with Gasteiger partial charge in [0, 0.05) is 24.0 Å². The third-order valence-corrected chi connectivity index (χ3v) is 4.43. The van der Waals surface area contributed by atoms with Crippen molar-refractivity contribution in [3.05, 3.63) is 21.9 Å². The maximum absolute atomic E-state index is 12.1. The number of carbonyl (C=O) groups excluding carboxylic acids is 1. The van der Waals surface area contributed by atoms with Crippen LogP contribution in [0, 0.1) is 0 Å². The summed E-state index contributed by atoms with van der Waals surface area (Å²) in [4.78, 5) is 15.4. The van der Waals surface area contributed by atoms with Gasteiger partial charge in [0.25, 0.3) is 0 Å². The minimum absolute atomic E-state index is 0.0931. The lowest BCUT2D eigenvalue weighted by Crippen LogP contribution is -2.46. The van der Waals surface area contributed by atoms with Crippen LogP contribution in [0.5, 0.6) is 0 Å². The molecule has 2 rings (SSSR count). The molecule has 0 saturated carbocycles. The minimum Gasteiger partial charge on any atom is -0.335 e. The molecule has 17 heavy (non-hydrogen) atoms. The van der Waals surface area contributed by atoms with Crippen LogP contribution in [-0.4, -0.2) is 23.5 Å². The van der Waals surface area contributed by atoms with E-state index < -0.39 is 0 Å². The fourth-order valence-electron chi connectivity index (χ4n) is 2.18. The van der Waals surface area contributed by atoms with Gasteiger partial charge in [-0.2, -0.15) is 0 Å². The monoisotopic (exact) mass is 252 g/mol. The first kappa shape index (κ1) is 12.4. The van der Waals surface area contributed by atoms with Crippen molar-refractivity contribution in [1.29, 1.82) is 0 Å². The van der Waals surface area contributed by atoms with Gasteiger partial charge in [0.05, 0.1) is 0 Å². The second kappa shape index (κ2) is 5.54. The first-order valence-corrected chi connectivity index (χ1v) is 7.23. The first-order valence-electron chi connectivity index (χ1n) is 6.35. The number of urea groups is 1. The number of thiophene rings is 1. The molecule has 0 atom stereocenters. The van der Waals surface area contributed by atoms with Crippen molar-refractivity contribution in [3.63, 3.8) is 0 Å². The quantitative estimate of drug-likeness (QED) is 0.881. The Morgan fingerprint density at radius 2 is 2.29 bits per heavy atom. The highest BCUT2D eigenvalue weighted by Crippen LogP contribution is 2.23. The van der Waals surface area contributed by atoms with Gasteiger partial charge >= 0.3 is 6.03 Å². The number of amides is 2. The molecule has 0 fully saturated rings. The minimum atomic E-state index is 0.0931. The van der Waals surface area contributed by atoms with Gasteiger partial charge in [-0.05, 0) is 36.3 Å². The van der Waals surface area contributed by atoms with Crippen molar-refractivity contribution in [1.82, 2.24) is 10.2 Å². The van der Waals surface area contributed by atoms with E-state index in [9.17, 15) is 4.79 Å². The van der Waals surface area contributed by atoms with Crippen molar-refractivity contribution in [2.24, 2.45) is 0 Å². The summed E-state index contributed by atoms with van der Waals surface area (Å²) in [7, 11) is 0. The molecule has 4 heteroatoms. The third kappa shape index (κ3) is 2.80. The zero-order valence-electron chi connectivity index (χ0n) is 10.5. The lowest BCUT2D eigenvalue weighted by Gasteiger charge is -2.29. The SMILES string of the molecule is CCC(CC)NC(=O)N1CCc2sccc2C1. The van der Waals surface area contributed by atoms with Gasteiger partial charge in [-0.1, -0.05) is 13.8 Å². The van der Waals surface area contributed by atoms with Crippen LogP contribution in [0.1, 0.15) is 37.1 Å². The van der Waals surface area contributed by atoms with E-state index in [0.717, 1.165) is 32.4 Å². The van der Waals surface area contributed by atoms with Crippen LogP contribution in [0.4, 0.5) is 4.79 Å². The van der Waals surface area contributed by atoms with Gasteiger partial charge < -0.3 is 10.2 Å². The van der Waals surface area contributed by atoms with E-state index in [2.05, 4.69) is 30.6 Å². The average Bonchev–Trinajstić information content (AvgIpc) is 2.82. The predicted molar refractivity (Wildman–Crippen MR) is 71.3 cm³/mol. The Bertz CT molecular complexity index is 385. The molecule has 2 heterocycles. The summed E-state index contributed by atoms with van der Waals surface area (Å²) in [5.41, 5.74) is 1.32. The summed E-state index contributed by atoms with van der Waals surface area (Å²) in [6.07, 6.45) is 3.00. The Kier molecular flexibility index (Phi) is 4.05. The van der Waals surface area contributed by atoms with Gasteiger partial charge in [0.1, 0.15) is 0 Å². The molecule has 0 spiro atoms. The summed E-state index contributed by atoms with van der Waals surface area (Å²) >= 11 is 1.80. The fraction of sp³-hybridized carbons (Fsp3) is 0.615. The van der Waals surface area contributed by atoms with Crippen molar-refractivity contribution in [3.8, 4) is 0 Å². The molecule has 1 aromatic rings. The Morgan fingerprint density at radius 1 is 1.53 bits per heavy atom. The van der Waals surface area contributed by atoms with E-state index >= 15 is 0 Å². The van der Waals surface area contributed by atoms with E-state index in [1.54, 1.807) is 11.3 Å². The van der Waals surface area contributed by atoms with E-state index in [1.807, 2.05) is 4.90 Å². The molecule has 1 aliphatic rings. The second-order valence-electron chi connectivity index (χ2n) is 4.50. The molecular weight excluding hydrogens is 232 g/mol. The Labute approximate surface area is 107 Å². The number of hydrogen-bond donors (Lipinski definition) is 1. The molecule has 0 aliphatic carbocycles. The molecule has 1 aliphatic heterocycles. The van der Waals surface area contributed by atoms with Crippen molar-refractivity contribution in [2.45, 2.75) is 45.7 Å². The van der Waals surface area contributed by atoms with Crippen LogP contribution in [0.15, 0.2) is 11.4 Å². The number of nitrogens with zero attached hydrogens (tertiary/aromatic N) is 1. The molecular formula is C13H20N2OS. The van der Waals surface area contributed by atoms with Gasteiger partial charge in [0.2, 0.25) is 0 Å². The van der Waals surface area contributed by atoms with Crippen LogP contribution < -0.4 is 5.32 Å². The van der Waals surface area contributed by atoms with Gasteiger partial charge in [0.15, 0.2) is 0 Å². The average molecular weight is 252 g/mol. The maximum atomic E-state index is 12.1. The largest absolute Gasteiger partial charge is 0.335 e. The zero-order valence-corrected chi connectivity index (χ0v) is 11.3. The summed E-state index contributed by atoms with van der Waals surface area (Å²) in [5, 5.41) is 5.22. The smallest absolute Gasteiger partial charge is 0.317 e. The molecule has 0 saturated heterocycles. The van der Waals surface area contributed by atoms with E-state index in [4.69, 9.17) is 0 Å². The number of nitrogens with one attached hydrogen (secondary N) is 1. The molecule has 1 aromatic heterocycles. The second-order valence-corrected chi connectivity index (χ2v) is 5.50. The Balaban J connectivity index is 1.94. The molecule has 0 bridgehead atoms. The first-order chi connectivity index (χ1) is 8.24. The molecule has 1 N–H and O–H groups in total. The molecule has 0 unspecified atom stereocenters. The highest BCUT2D eigenvalue weighted by Gasteiger charge is 2.22. The highest BCUT2D eigenvalue weighted by atomic mass is 32.1. The standard InChI is InChI=1S/C13H20N2OS/c1-3-11(4-2)14-13(16)15-7-5-12-10(9-15)6-8-17-12/h6,8,11H,3-5,7,9H2,1-2H3,(H,14,16). The van der Waals surface area contributed by atoms with Gasteiger partial charge in [-0.25, -0.2) is 4.79 Å². The van der Waals surface area contributed by atoms with Gasteiger partial charge in [-0.3, -0.25) is 0 Å². The van der Waals surface area contributed by atoms with Crippen molar-refractivity contribution < 1.29 is 4.79 Å². The number of hydrogen-bond acceptors (Lipinski definition) is 2. The Morgan fingerprint density at radius 3 is 3.00 bits per heavy atom. The number of carbonyl (C=O) groups is 1. The molecule has 94 valence electrons. The molecule has 2 amide bonds. The van der Waals surface area contributed by atoms with Crippen LogP contribution in [-0.2, 0) is 13.0 Å². The van der Waals surface area contributed by atoms with Crippen molar-refractivity contribution >= 4 is 17.4 Å². The fourth-order valence-corrected chi connectivity index (χ4v) is 3.07. The van der Waals surface area contributed by atoms with Gasteiger partial charge in [-0.15, -0.1) is 11.3 Å². The van der Waals surface area contributed by atoms with E-state index in [0.29, 0.717) is 6.04 Å². The zero-order chi connectivity index (χ0) is 12.3. The van der Waals surface area contributed by atoms with Crippen LogP contribution in [0.25, 0.3) is 0 Å². The normalized spacial score (nSPS) is 14.9. The topological polar surface area (TPSA) is 32.3 Å². The summed E-state index contributed by atoms with van der Waals surface area (Å²) in [5.74, 6) is 0. The number of fused-ring (bicyclic) bond motifs is 1. The number of rotatable bonds is 3. The molecule has 0 aromatic carbocycles. The summed E-state index contributed by atoms with van der Waals surface area (Å²) < 4.78 is 0. The van der Waals surface area contributed by atoms with Crippen LogP contribution in [0.3, 0.4) is 0 Å². The van der Waals surface area contributed by atoms with Crippen LogP contribution >= 0.6 is 11.3 Å². The lowest BCUT2D eigenvalue weighted by atomic mass is 10.1. The lowest BCUT2D eigenvalue weighted by molar-refractivity contribution is 0.188. The predicted octanol–water partition coefficient (Wildman–Crippen LogP) is 3.00. The van der Waals surface area contributed by atoms with Crippen molar-refractivity contribution in [2.75, 3.05) is 6.54 Å². The van der Waals surface area contributed by atoms with E-state index in [1.165, 1.54) is 10.4 Å². The third-order valence-electron chi connectivity index (χ3n) is 3.41. The Hall–Kier alpha value is -1.03. The highest BCUT2D eigenvalue weighted by molar-refractivity contribution is 7.10. The summed E-state index contributed by atoms with van der Waals surface area (Å²) in [6.45, 7) is 5.84.